The fraction of sp³-hybridized carbons (Fsp3) is 0.478. The molecule has 0 aliphatic heterocycles. The monoisotopic (exact) mass is 335 g/mol. The van der Waals surface area contributed by atoms with Gasteiger partial charge in [-0.15, -0.1) is 0 Å². The van der Waals surface area contributed by atoms with Crippen molar-refractivity contribution in [1.82, 2.24) is 5.32 Å². The molecule has 1 N–H and O–H groups in total. The van der Waals surface area contributed by atoms with Gasteiger partial charge in [0, 0.05) is 6.42 Å². The molecule has 4 rings (SSSR count). The Balaban J connectivity index is 1.67. The minimum absolute atomic E-state index is 0.224. The van der Waals surface area contributed by atoms with E-state index in [-0.39, 0.29) is 5.60 Å². The number of aryl methyl sites for hydroxylation is 2. The van der Waals surface area contributed by atoms with Crippen molar-refractivity contribution in [2.45, 2.75) is 50.5 Å². The quantitative estimate of drug-likeness (QED) is 0.744. The lowest BCUT2D eigenvalue weighted by Gasteiger charge is -2.36. The molecule has 1 atom stereocenters. The van der Waals surface area contributed by atoms with Crippen molar-refractivity contribution in [2.75, 3.05) is 13.6 Å². The average Bonchev–Trinajstić information content (AvgIpc) is 3.34. The number of benzene rings is 2. The second-order valence-corrected chi connectivity index (χ2v) is 7.75. The molecule has 2 aromatic rings. The van der Waals surface area contributed by atoms with Gasteiger partial charge in [-0.3, -0.25) is 0 Å². The number of fused-ring (bicyclic) bond motifs is 1. The highest BCUT2D eigenvalue weighted by Gasteiger charge is 2.40. The average molecular weight is 335 g/mol. The number of rotatable bonds is 8. The summed E-state index contributed by atoms with van der Waals surface area (Å²) in [7, 11) is 2.03. The van der Waals surface area contributed by atoms with E-state index < -0.39 is 0 Å². The standard InChI is InChI=1S/C23H29NO/c1-24-15-14-23(17-18-10-11-18,21-8-3-2-4-9-21)25-22-13-12-19-6-5-7-20(19)16-22/h2-4,8-9,12-13,16,18,24H,5-7,10-11,14-15,17H2,1H3. The van der Waals surface area contributed by atoms with Crippen LogP contribution in [0.1, 0.15) is 48.8 Å². The number of ether oxygens (including phenoxy) is 1. The van der Waals surface area contributed by atoms with Crippen molar-refractivity contribution in [3.05, 3.63) is 65.2 Å². The lowest BCUT2D eigenvalue weighted by molar-refractivity contribution is 0.0416. The molecule has 1 fully saturated rings. The molecule has 2 aliphatic carbocycles. The van der Waals surface area contributed by atoms with Crippen molar-refractivity contribution in [3.8, 4) is 5.75 Å². The van der Waals surface area contributed by atoms with Gasteiger partial charge in [0.25, 0.3) is 0 Å². The third kappa shape index (κ3) is 3.74. The Morgan fingerprint density at radius 1 is 1.04 bits per heavy atom. The van der Waals surface area contributed by atoms with Crippen molar-refractivity contribution < 1.29 is 4.74 Å². The van der Waals surface area contributed by atoms with E-state index in [1.165, 1.54) is 48.8 Å². The normalized spacial score (nSPS) is 18.6. The van der Waals surface area contributed by atoms with E-state index >= 15 is 0 Å². The molecule has 0 aromatic heterocycles. The number of nitrogens with one attached hydrogen (secondary N) is 1. The van der Waals surface area contributed by atoms with E-state index in [1.54, 1.807) is 0 Å². The Bertz CT molecular complexity index is 707. The lowest BCUT2D eigenvalue weighted by Crippen LogP contribution is -2.37. The first kappa shape index (κ1) is 16.7. The molecule has 2 heteroatoms. The van der Waals surface area contributed by atoms with Crippen LogP contribution in [-0.2, 0) is 18.4 Å². The molecule has 2 aliphatic rings. The van der Waals surface area contributed by atoms with Crippen LogP contribution < -0.4 is 10.1 Å². The van der Waals surface area contributed by atoms with Gasteiger partial charge >= 0.3 is 0 Å². The van der Waals surface area contributed by atoms with Gasteiger partial charge in [-0.1, -0.05) is 49.2 Å². The van der Waals surface area contributed by atoms with E-state index in [0.29, 0.717) is 0 Å². The summed E-state index contributed by atoms with van der Waals surface area (Å²) in [4.78, 5) is 0. The highest BCUT2D eigenvalue weighted by Crippen LogP contribution is 2.45. The van der Waals surface area contributed by atoms with Gasteiger partial charge in [0.2, 0.25) is 0 Å². The predicted molar refractivity (Wildman–Crippen MR) is 103 cm³/mol. The SMILES string of the molecule is CNCCC(CC1CC1)(Oc1ccc2c(c1)CCC2)c1ccccc1. The summed E-state index contributed by atoms with van der Waals surface area (Å²) >= 11 is 0. The highest BCUT2D eigenvalue weighted by atomic mass is 16.5. The minimum atomic E-state index is -0.224. The number of hydrogen-bond acceptors (Lipinski definition) is 2. The van der Waals surface area contributed by atoms with Crippen LogP contribution in [0.15, 0.2) is 48.5 Å². The zero-order chi connectivity index (χ0) is 17.1. The molecular weight excluding hydrogens is 306 g/mol. The first-order chi connectivity index (χ1) is 12.3. The minimum Gasteiger partial charge on any atom is -0.483 e. The van der Waals surface area contributed by atoms with Crippen LogP contribution in [0.5, 0.6) is 5.75 Å². The summed E-state index contributed by atoms with van der Waals surface area (Å²) in [5.41, 5.74) is 4.09. The second-order valence-electron chi connectivity index (χ2n) is 7.75. The third-order valence-electron chi connectivity index (χ3n) is 5.78. The Morgan fingerprint density at radius 3 is 2.60 bits per heavy atom. The van der Waals surface area contributed by atoms with Gasteiger partial charge in [0.15, 0.2) is 0 Å². The molecule has 0 amide bonds. The van der Waals surface area contributed by atoms with Gasteiger partial charge in [-0.05, 0) is 74.0 Å². The van der Waals surface area contributed by atoms with Crippen molar-refractivity contribution in [2.24, 2.45) is 5.92 Å². The fourth-order valence-corrected chi connectivity index (χ4v) is 4.21. The van der Waals surface area contributed by atoms with Crippen molar-refractivity contribution in [3.63, 3.8) is 0 Å². The maximum atomic E-state index is 6.83. The molecule has 132 valence electrons. The summed E-state index contributed by atoms with van der Waals surface area (Å²) in [6.07, 6.45) is 8.52. The topological polar surface area (TPSA) is 21.3 Å². The van der Waals surface area contributed by atoms with Gasteiger partial charge in [0.1, 0.15) is 11.4 Å². The predicted octanol–water partition coefficient (Wildman–Crippen LogP) is 4.86. The third-order valence-corrected chi connectivity index (χ3v) is 5.78. The maximum Gasteiger partial charge on any atom is 0.135 e. The molecule has 0 heterocycles. The van der Waals surface area contributed by atoms with Crippen LogP contribution in [0, 0.1) is 5.92 Å². The zero-order valence-electron chi connectivity index (χ0n) is 15.3. The lowest BCUT2D eigenvalue weighted by atomic mass is 9.84. The first-order valence-corrected chi connectivity index (χ1v) is 9.80. The van der Waals surface area contributed by atoms with Gasteiger partial charge in [-0.25, -0.2) is 0 Å². The summed E-state index contributed by atoms with van der Waals surface area (Å²) in [5.74, 6) is 1.85. The fourth-order valence-electron chi connectivity index (χ4n) is 4.21. The van der Waals surface area contributed by atoms with Gasteiger partial charge in [0.05, 0.1) is 0 Å². The van der Waals surface area contributed by atoms with E-state index in [1.807, 2.05) is 7.05 Å². The molecule has 0 radical (unpaired) electrons. The summed E-state index contributed by atoms with van der Waals surface area (Å²) < 4.78 is 6.83. The van der Waals surface area contributed by atoms with Crippen LogP contribution in [0.4, 0.5) is 0 Å². The second kappa shape index (κ2) is 7.21. The van der Waals surface area contributed by atoms with Crippen LogP contribution >= 0.6 is 0 Å². The summed E-state index contributed by atoms with van der Waals surface area (Å²) in [6, 6.07) is 17.6. The molecule has 1 saturated carbocycles. The smallest absolute Gasteiger partial charge is 0.135 e. The molecule has 25 heavy (non-hydrogen) atoms. The number of hydrogen-bond donors (Lipinski definition) is 1. The highest BCUT2D eigenvalue weighted by molar-refractivity contribution is 5.39. The van der Waals surface area contributed by atoms with E-state index in [0.717, 1.165) is 31.1 Å². The summed E-state index contributed by atoms with van der Waals surface area (Å²) in [6.45, 7) is 0.965. The Morgan fingerprint density at radius 2 is 1.84 bits per heavy atom. The molecule has 0 saturated heterocycles. The molecular formula is C23H29NO. The van der Waals surface area contributed by atoms with Crippen molar-refractivity contribution in [1.29, 1.82) is 0 Å². The molecule has 2 aromatic carbocycles. The van der Waals surface area contributed by atoms with Crippen LogP contribution in [0.2, 0.25) is 0 Å². The largest absolute Gasteiger partial charge is 0.483 e. The van der Waals surface area contributed by atoms with Crippen LogP contribution in [0.3, 0.4) is 0 Å². The van der Waals surface area contributed by atoms with Gasteiger partial charge < -0.3 is 10.1 Å². The first-order valence-electron chi connectivity index (χ1n) is 9.80. The van der Waals surface area contributed by atoms with Crippen LogP contribution in [-0.4, -0.2) is 13.6 Å². The molecule has 2 nitrogen and oxygen atoms in total. The van der Waals surface area contributed by atoms with Crippen LogP contribution in [0.25, 0.3) is 0 Å². The van der Waals surface area contributed by atoms with E-state index in [9.17, 15) is 0 Å². The van der Waals surface area contributed by atoms with Crippen molar-refractivity contribution >= 4 is 0 Å². The maximum absolute atomic E-state index is 6.83. The zero-order valence-corrected chi connectivity index (χ0v) is 15.3. The molecule has 1 unspecified atom stereocenters. The molecule has 0 spiro atoms. The van der Waals surface area contributed by atoms with E-state index in [4.69, 9.17) is 4.74 Å². The Kier molecular flexibility index (Phi) is 4.80. The Hall–Kier alpha value is -1.80. The Labute approximate surface area is 151 Å². The summed E-state index contributed by atoms with van der Waals surface area (Å²) in [5, 5.41) is 3.33. The van der Waals surface area contributed by atoms with E-state index in [2.05, 4.69) is 53.8 Å². The van der Waals surface area contributed by atoms with Gasteiger partial charge in [-0.2, -0.15) is 0 Å². The molecule has 0 bridgehead atoms.